The van der Waals surface area contributed by atoms with Crippen molar-refractivity contribution in [2.24, 2.45) is 0 Å². The maximum atomic E-state index is 11.6. The Balaban J connectivity index is 2.43. The van der Waals surface area contributed by atoms with E-state index in [0.29, 0.717) is 0 Å². The van der Waals surface area contributed by atoms with Crippen molar-refractivity contribution in [2.75, 3.05) is 12.3 Å². The largest absolute Gasteiger partial charge is 0.394 e. The van der Waals surface area contributed by atoms with Gasteiger partial charge in [-0.05, 0) is 0 Å². The lowest BCUT2D eigenvalue weighted by Gasteiger charge is -2.17. The van der Waals surface area contributed by atoms with Crippen molar-refractivity contribution in [1.29, 1.82) is 0 Å². The molecule has 0 bridgehead atoms. The lowest BCUT2D eigenvalue weighted by atomic mass is 10.1. The number of anilines is 1. The average Bonchev–Trinajstić information content (AvgIpc) is 2.67. The summed E-state index contributed by atoms with van der Waals surface area (Å²) in [4.78, 5) is 25.7. The Bertz CT molecular complexity index is 545. The van der Waals surface area contributed by atoms with Crippen LogP contribution in [0.4, 0.5) is 5.82 Å². The van der Waals surface area contributed by atoms with E-state index in [4.69, 9.17) is 15.6 Å². The Hall–Kier alpha value is -1.81. The third-order valence-electron chi connectivity index (χ3n) is 2.88. The molecule has 0 spiro atoms. The van der Waals surface area contributed by atoms with E-state index in [0.717, 1.165) is 10.8 Å². The lowest BCUT2D eigenvalue weighted by molar-refractivity contribution is -0.0549. The average molecular weight is 270 g/mol. The Kier molecular flexibility index (Phi) is 3.62. The number of aliphatic hydroxyl groups excluding tert-OH is 3. The van der Waals surface area contributed by atoms with Crippen LogP contribution in [0, 0.1) is 0 Å². The fraction of sp³-hybridized carbons (Fsp3) is 0.500. The van der Waals surface area contributed by atoms with Crippen molar-refractivity contribution in [3.63, 3.8) is 0 Å². The summed E-state index contributed by atoms with van der Waals surface area (Å²) in [5.74, 6) is -0.289. The number of hydrogen-bond acceptors (Lipinski definition) is 8. The molecule has 1 aliphatic rings. The molecule has 103 valence electrons. The predicted molar refractivity (Wildman–Crippen MR) is 60.7 cm³/mol. The van der Waals surface area contributed by atoms with Crippen LogP contribution in [-0.4, -0.2) is 56.1 Å². The van der Waals surface area contributed by atoms with Gasteiger partial charge in [0.2, 0.25) is 6.29 Å². The number of aliphatic hydroxyl groups is 3. The van der Waals surface area contributed by atoms with E-state index in [-0.39, 0.29) is 11.4 Å². The van der Waals surface area contributed by atoms with Crippen molar-refractivity contribution in [1.82, 2.24) is 9.55 Å². The van der Waals surface area contributed by atoms with Crippen LogP contribution >= 0.6 is 0 Å². The highest BCUT2D eigenvalue weighted by molar-refractivity contribution is 5.81. The minimum absolute atomic E-state index is 0.169. The second kappa shape index (κ2) is 5.05. The van der Waals surface area contributed by atoms with Gasteiger partial charge in [-0.3, -0.25) is 9.36 Å². The number of aromatic nitrogens is 2. The molecule has 5 N–H and O–H groups in total. The molecule has 1 fully saturated rings. The van der Waals surface area contributed by atoms with E-state index in [9.17, 15) is 19.8 Å². The summed E-state index contributed by atoms with van der Waals surface area (Å²) in [6.07, 6.45) is -2.58. The lowest BCUT2D eigenvalue weighted by Crippen LogP contribution is -2.36. The molecule has 19 heavy (non-hydrogen) atoms. The predicted octanol–water partition coefficient (Wildman–Crippen LogP) is -3.11. The van der Waals surface area contributed by atoms with Gasteiger partial charge in [0.1, 0.15) is 24.1 Å². The molecule has 0 aromatic carbocycles. The van der Waals surface area contributed by atoms with E-state index in [1.54, 1.807) is 0 Å². The van der Waals surface area contributed by atoms with Gasteiger partial charge in [-0.25, -0.2) is 4.79 Å². The molecule has 1 aromatic heterocycles. The normalized spacial score (nSPS) is 30.5. The van der Waals surface area contributed by atoms with Gasteiger partial charge in [-0.2, -0.15) is 4.98 Å². The molecule has 2 heterocycles. The maximum Gasteiger partial charge on any atom is 0.351 e. The van der Waals surface area contributed by atoms with Crippen LogP contribution < -0.4 is 11.4 Å². The molecule has 1 radical (unpaired) electrons. The summed E-state index contributed by atoms with van der Waals surface area (Å²) >= 11 is 0. The van der Waals surface area contributed by atoms with E-state index in [1.807, 2.05) is 0 Å². The van der Waals surface area contributed by atoms with Gasteiger partial charge >= 0.3 is 5.69 Å². The molecule has 9 heteroatoms. The number of nitrogens with zero attached hydrogens (tertiary/aromatic N) is 2. The number of rotatable bonds is 3. The molecular formula is C10H12N3O6. The van der Waals surface area contributed by atoms with E-state index < -0.39 is 36.8 Å². The highest BCUT2D eigenvalue weighted by atomic mass is 16.6. The Morgan fingerprint density at radius 3 is 2.68 bits per heavy atom. The monoisotopic (exact) mass is 270 g/mol. The van der Waals surface area contributed by atoms with Gasteiger partial charge in [0.05, 0.1) is 12.2 Å². The number of nitrogen functional groups attached to an aromatic ring is 1. The molecule has 1 aliphatic heterocycles. The minimum atomic E-state index is -1.44. The van der Waals surface area contributed by atoms with Crippen molar-refractivity contribution >= 4 is 12.1 Å². The number of hydrogen-bond donors (Lipinski definition) is 4. The highest BCUT2D eigenvalue weighted by Gasteiger charge is 2.43. The van der Waals surface area contributed by atoms with Crippen LogP contribution in [0.2, 0.25) is 0 Å². The van der Waals surface area contributed by atoms with Gasteiger partial charge in [-0.15, -0.1) is 0 Å². The first-order valence-electron chi connectivity index (χ1n) is 5.39. The molecule has 1 saturated heterocycles. The summed E-state index contributed by atoms with van der Waals surface area (Å²) in [5.41, 5.74) is 4.31. The molecule has 0 saturated carbocycles. The molecule has 4 atom stereocenters. The van der Waals surface area contributed by atoms with Crippen molar-refractivity contribution in [3.8, 4) is 0 Å². The Morgan fingerprint density at radius 1 is 1.47 bits per heavy atom. The first kappa shape index (κ1) is 13.6. The third kappa shape index (κ3) is 2.24. The molecule has 0 unspecified atom stereocenters. The zero-order valence-electron chi connectivity index (χ0n) is 9.63. The van der Waals surface area contributed by atoms with E-state index in [2.05, 4.69) is 4.98 Å². The molecule has 0 aliphatic carbocycles. The van der Waals surface area contributed by atoms with Crippen LogP contribution in [0.5, 0.6) is 0 Å². The summed E-state index contributed by atoms with van der Waals surface area (Å²) in [6.45, 7) is -0.529. The number of nitrogens with two attached hydrogens (primary N) is 1. The van der Waals surface area contributed by atoms with Crippen molar-refractivity contribution in [3.05, 3.63) is 22.2 Å². The van der Waals surface area contributed by atoms with Gasteiger partial charge in [0.15, 0.2) is 6.23 Å². The molecule has 9 nitrogen and oxygen atoms in total. The molecule has 0 amide bonds. The maximum absolute atomic E-state index is 11.6. The quantitative estimate of drug-likeness (QED) is 0.451. The molecule has 2 rings (SSSR count). The number of carbonyl (C=O) groups excluding carboxylic acids is 1. The fourth-order valence-corrected chi connectivity index (χ4v) is 1.85. The SMILES string of the molecule is Nc1nc(=O)n([C@@H]2O[C@H](CO)[C@@H](O)[C@H]2O)cc1[C]=O. The second-order valence-electron chi connectivity index (χ2n) is 4.06. The summed E-state index contributed by atoms with van der Waals surface area (Å²) < 4.78 is 5.96. The summed E-state index contributed by atoms with van der Waals surface area (Å²) in [6, 6.07) is 0. The zero-order valence-corrected chi connectivity index (χ0v) is 9.63. The fourth-order valence-electron chi connectivity index (χ4n) is 1.85. The molecular weight excluding hydrogens is 258 g/mol. The van der Waals surface area contributed by atoms with Crippen LogP contribution in [0.1, 0.15) is 11.8 Å². The summed E-state index contributed by atoms with van der Waals surface area (Å²) in [5, 5.41) is 28.3. The topological polar surface area (TPSA) is 148 Å². The van der Waals surface area contributed by atoms with Crippen molar-refractivity contribution in [2.45, 2.75) is 24.5 Å². The summed E-state index contributed by atoms with van der Waals surface area (Å²) in [7, 11) is 0. The third-order valence-corrected chi connectivity index (χ3v) is 2.88. The van der Waals surface area contributed by atoms with Gasteiger partial charge in [-0.1, -0.05) is 0 Å². The second-order valence-corrected chi connectivity index (χ2v) is 4.06. The number of ether oxygens (including phenoxy) is 1. The Morgan fingerprint density at radius 2 is 2.16 bits per heavy atom. The van der Waals surface area contributed by atoms with E-state index >= 15 is 0 Å². The molecule has 1 aromatic rings. The van der Waals surface area contributed by atoms with Crippen LogP contribution in [0.3, 0.4) is 0 Å². The minimum Gasteiger partial charge on any atom is -0.394 e. The van der Waals surface area contributed by atoms with Gasteiger partial charge in [0.25, 0.3) is 0 Å². The standard InChI is InChI=1S/C10H12N3O6/c11-8-4(2-14)1-13(10(18)12-8)9-7(17)6(16)5(3-15)19-9/h1,5-7,9,15-17H,3H2,(H2,11,12,18)/t5-,6-,7-,9-/m1/s1. The van der Waals surface area contributed by atoms with Gasteiger partial charge < -0.3 is 25.8 Å². The zero-order chi connectivity index (χ0) is 14.2. The first-order chi connectivity index (χ1) is 8.99. The van der Waals surface area contributed by atoms with Gasteiger partial charge in [0, 0.05) is 6.20 Å². The smallest absolute Gasteiger partial charge is 0.351 e. The van der Waals surface area contributed by atoms with Crippen LogP contribution in [0.25, 0.3) is 0 Å². The Labute approximate surface area is 106 Å². The van der Waals surface area contributed by atoms with Crippen LogP contribution in [-0.2, 0) is 9.53 Å². The van der Waals surface area contributed by atoms with Crippen molar-refractivity contribution < 1.29 is 24.9 Å². The van der Waals surface area contributed by atoms with Crippen LogP contribution in [0.15, 0.2) is 11.0 Å². The van der Waals surface area contributed by atoms with E-state index in [1.165, 1.54) is 6.29 Å². The first-order valence-corrected chi connectivity index (χ1v) is 5.39. The highest BCUT2D eigenvalue weighted by Crippen LogP contribution is 2.28.